The first-order chi connectivity index (χ1) is 8.23. The molecule has 0 saturated heterocycles. The van der Waals surface area contributed by atoms with Crippen LogP contribution in [0, 0.1) is 0 Å². The molecule has 1 aromatic rings. The molecule has 2 unspecified atom stereocenters. The zero-order valence-corrected chi connectivity index (χ0v) is 11.4. The van der Waals surface area contributed by atoms with Crippen LogP contribution in [0.5, 0.6) is 0 Å². The molecule has 0 fully saturated rings. The molecule has 0 spiro atoms. The number of carbonyl (C=O) groups is 1. The number of nitrogens with one attached hydrogen (secondary N) is 1. The summed E-state index contributed by atoms with van der Waals surface area (Å²) in [5, 5.41) is 10.9. The van der Waals surface area contributed by atoms with E-state index in [2.05, 4.69) is 5.32 Å². The largest absolute Gasteiger partial charge is 0.389 e. The summed E-state index contributed by atoms with van der Waals surface area (Å²) in [6, 6.07) is 6.73. The monoisotopic (exact) mass is 271 g/mol. The molecule has 2 N–H and O–H groups in total. The second-order valence-corrected chi connectivity index (χ2v) is 6.59. The van der Waals surface area contributed by atoms with Gasteiger partial charge in [-0.25, -0.2) is 8.42 Å². The van der Waals surface area contributed by atoms with Gasteiger partial charge in [-0.2, -0.15) is 0 Å². The van der Waals surface area contributed by atoms with Crippen LogP contribution in [-0.4, -0.2) is 30.9 Å². The summed E-state index contributed by atoms with van der Waals surface area (Å²) in [7, 11) is -3.43. The average molecular weight is 271 g/mol. The molecule has 0 aliphatic rings. The number of aliphatic hydroxyl groups is 1. The van der Waals surface area contributed by atoms with Gasteiger partial charge in [-0.3, -0.25) is 4.79 Å². The quantitative estimate of drug-likeness (QED) is 0.859. The molecule has 0 aliphatic heterocycles. The third-order valence-corrected chi connectivity index (χ3v) is 4.18. The van der Waals surface area contributed by atoms with E-state index < -0.39 is 27.1 Å². The van der Waals surface area contributed by atoms with E-state index in [4.69, 9.17) is 0 Å². The van der Waals surface area contributed by atoms with E-state index in [1.807, 2.05) is 0 Å². The van der Waals surface area contributed by atoms with Gasteiger partial charge in [-0.15, -0.1) is 0 Å². The van der Waals surface area contributed by atoms with Crippen molar-refractivity contribution in [3.63, 3.8) is 0 Å². The number of benzene rings is 1. The molecule has 1 aromatic carbocycles. The lowest BCUT2D eigenvalue weighted by Crippen LogP contribution is -2.32. The number of para-hydroxylation sites is 1. The SMILES string of the molecule is CC(O)c1ccccc1NC(=O)C(C)S(C)(=O)=O. The van der Waals surface area contributed by atoms with Crippen LogP contribution in [0.3, 0.4) is 0 Å². The van der Waals surface area contributed by atoms with E-state index in [0.717, 1.165) is 6.26 Å². The molecule has 1 amide bonds. The predicted octanol–water partition coefficient (Wildman–Crippen LogP) is 1.11. The summed E-state index contributed by atoms with van der Waals surface area (Å²) < 4.78 is 22.5. The summed E-state index contributed by atoms with van der Waals surface area (Å²) in [5.41, 5.74) is 0.972. The summed E-state index contributed by atoms with van der Waals surface area (Å²) >= 11 is 0. The maximum Gasteiger partial charge on any atom is 0.242 e. The Morgan fingerprint density at radius 2 is 1.83 bits per heavy atom. The molecule has 2 atom stereocenters. The van der Waals surface area contributed by atoms with Crippen molar-refractivity contribution in [2.24, 2.45) is 0 Å². The number of rotatable bonds is 4. The third kappa shape index (κ3) is 3.54. The standard InChI is InChI=1S/C12H17NO4S/c1-8(14)10-6-4-5-7-11(10)13-12(15)9(2)18(3,16)17/h4-9,14H,1-3H3,(H,13,15). The highest BCUT2D eigenvalue weighted by atomic mass is 32.2. The molecule has 0 aliphatic carbocycles. The normalized spacial score (nSPS) is 14.9. The van der Waals surface area contributed by atoms with Gasteiger partial charge in [0.15, 0.2) is 9.84 Å². The Morgan fingerprint density at radius 1 is 1.28 bits per heavy atom. The van der Waals surface area contributed by atoms with Crippen molar-refractivity contribution in [2.75, 3.05) is 11.6 Å². The van der Waals surface area contributed by atoms with Gasteiger partial charge in [0.1, 0.15) is 5.25 Å². The van der Waals surface area contributed by atoms with E-state index in [1.165, 1.54) is 6.92 Å². The summed E-state index contributed by atoms with van der Waals surface area (Å²) in [5.74, 6) is -0.606. The molecule has 0 heterocycles. The van der Waals surface area contributed by atoms with Gasteiger partial charge in [0.2, 0.25) is 5.91 Å². The Bertz CT molecular complexity index is 537. The van der Waals surface area contributed by atoms with Gasteiger partial charge in [-0.05, 0) is 19.9 Å². The van der Waals surface area contributed by atoms with E-state index in [0.29, 0.717) is 11.3 Å². The van der Waals surface area contributed by atoms with Crippen LogP contribution in [0.1, 0.15) is 25.5 Å². The minimum atomic E-state index is -3.43. The Labute approximate surface area is 107 Å². The highest BCUT2D eigenvalue weighted by molar-refractivity contribution is 7.92. The molecule has 1 rings (SSSR count). The summed E-state index contributed by atoms with van der Waals surface area (Å²) in [6.45, 7) is 2.90. The highest BCUT2D eigenvalue weighted by Crippen LogP contribution is 2.22. The second-order valence-electron chi connectivity index (χ2n) is 4.22. The molecular formula is C12H17NO4S. The molecule has 100 valence electrons. The number of hydrogen-bond acceptors (Lipinski definition) is 4. The van der Waals surface area contributed by atoms with Crippen LogP contribution in [0.25, 0.3) is 0 Å². The zero-order chi connectivity index (χ0) is 13.9. The topological polar surface area (TPSA) is 83.5 Å². The molecule has 0 aromatic heterocycles. The lowest BCUT2D eigenvalue weighted by Gasteiger charge is -2.15. The zero-order valence-electron chi connectivity index (χ0n) is 10.5. The van der Waals surface area contributed by atoms with E-state index >= 15 is 0 Å². The first-order valence-electron chi connectivity index (χ1n) is 5.50. The molecule has 18 heavy (non-hydrogen) atoms. The van der Waals surface area contributed by atoms with Gasteiger partial charge >= 0.3 is 0 Å². The molecule has 0 bridgehead atoms. The van der Waals surface area contributed by atoms with Gasteiger partial charge in [0.05, 0.1) is 6.10 Å². The van der Waals surface area contributed by atoms with Crippen molar-refractivity contribution in [2.45, 2.75) is 25.2 Å². The first-order valence-corrected chi connectivity index (χ1v) is 7.45. The van der Waals surface area contributed by atoms with Crippen LogP contribution in [-0.2, 0) is 14.6 Å². The van der Waals surface area contributed by atoms with Crippen molar-refractivity contribution >= 4 is 21.4 Å². The van der Waals surface area contributed by atoms with Crippen molar-refractivity contribution < 1.29 is 18.3 Å². The third-order valence-electron chi connectivity index (χ3n) is 2.68. The molecule has 0 saturated carbocycles. The fourth-order valence-electron chi connectivity index (χ4n) is 1.40. The van der Waals surface area contributed by atoms with Gasteiger partial charge < -0.3 is 10.4 Å². The smallest absolute Gasteiger partial charge is 0.242 e. The van der Waals surface area contributed by atoms with Crippen LogP contribution < -0.4 is 5.32 Å². The van der Waals surface area contributed by atoms with Crippen LogP contribution in [0.4, 0.5) is 5.69 Å². The number of anilines is 1. The fraction of sp³-hybridized carbons (Fsp3) is 0.417. The Balaban J connectivity index is 2.96. The maximum absolute atomic E-state index is 11.8. The average Bonchev–Trinajstić information content (AvgIpc) is 2.27. The number of carbonyl (C=O) groups excluding carboxylic acids is 1. The second kappa shape index (κ2) is 5.49. The first kappa shape index (κ1) is 14.7. The van der Waals surface area contributed by atoms with Crippen LogP contribution in [0.15, 0.2) is 24.3 Å². The predicted molar refractivity (Wildman–Crippen MR) is 70.0 cm³/mol. The fourth-order valence-corrected chi connectivity index (χ4v) is 1.85. The lowest BCUT2D eigenvalue weighted by molar-refractivity contribution is -0.115. The molecular weight excluding hydrogens is 254 g/mol. The van der Waals surface area contributed by atoms with E-state index in [1.54, 1.807) is 31.2 Å². The lowest BCUT2D eigenvalue weighted by atomic mass is 10.1. The van der Waals surface area contributed by atoms with Gasteiger partial charge in [0.25, 0.3) is 0 Å². The van der Waals surface area contributed by atoms with E-state index in [-0.39, 0.29) is 0 Å². The van der Waals surface area contributed by atoms with Crippen molar-refractivity contribution in [1.82, 2.24) is 0 Å². The van der Waals surface area contributed by atoms with Crippen molar-refractivity contribution in [3.05, 3.63) is 29.8 Å². The number of amides is 1. The summed E-state index contributed by atoms with van der Waals surface area (Å²) in [4.78, 5) is 11.8. The highest BCUT2D eigenvalue weighted by Gasteiger charge is 2.24. The molecule has 6 heteroatoms. The number of sulfone groups is 1. The van der Waals surface area contributed by atoms with Crippen molar-refractivity contribution in [3.8, 4) is 0 Å². The number of aliphatic hydroxyl groups excluding tert-OH is 1. The molecule has 0 radical (unpaired) electrons. The minimum Gasteiger partial charge on any atom is -0.389 e. The minimum absolute atomic E-state index is 0.424. The summed E-state index contributed by atoms with van der Waals surface area (Å²) in [6.07, 6.45) is 0.271. The Hall–Kier alpha value is -1.40. The number of hydrogen-bond donors (Lipinski definition) is 2. The van der Waals surface area contributed by atoms with Crippen LogP contribution >= 0.6 is 0 Å². The van der Waals surface area contributed by atoms with Crippen LogP contribution in [0.2, 0.25) is 0 Å². The Morgan fingerprint density at radius 3 is 2.33 bits per heavy atom. The van der Waals surface area contributed by atoms with Gasteiger partial charge in [0, 0.05) is 17.5 Å². The van der Waals surface area contributed by atoms with Crippen molar-refractivity contribution in [1.29, 1.82) is 0 Å². The molecule has 5 nitrogen and oxygen atoms in total. The Kier molecular flexibility index (Phi) is 4.48. The van der Waals surface area contributed by atoms with Gasteiger partial charge in [-0.1, -0.05) is 18.2 Å². The van der Waals surface area contributed by atoms with E-state index in [9.17, 15) is 18.3 Å². The maximum atomic E-state index is 11.8.